The number of carbonyl (C=O) groups is 1. The second-order valence-corrected chi connectivity index (χ2v) is 5.99. The Morgan fingerprint density at radius 2 is 1.92 bits per heavy atom. The number of hydrogen-bond donors (Lipinski definition) is 3. The summed E-state index contributed by atoms with van der Waals surface area (Å²) in [5.74, 6) is 0.0396. The molecule has 0 bridgehead atoms. The van der Waals surface area contributed by atoms with Crippen LogP contribution in [0.3, 0.4) is 0 Å². The van der Waals surface area contributed by atoms with Crippen LogP contribution >= 0.6 is 0 Å². The number of benzene rings is 1. The minimum absolute atomic E-state index is 0.0127. The van der Waals surface area contributed by atoms with Crippen molar-refractivity contribution in [2.24, 2.45) is 0 Å². The molecule has 0 aliphatic carbocycles. The van der Waals surface area contributed by atoms with Crippen LogP contribution in [0.4, 0.5) is 10.1 Å². The van der Waals surface area contributed by atoms with Gasteiger partial charge in [-0.2, -0.15) is 0 Å². The van der Waals surface area contributed by atoms with E-state index in [-0.39, 0.29) is 30.2 Å². The molecule has 0 radical (unpaired) electrons. The highest BCUT2D eigenvalue weighted by Gasteiger charge is 2.17. The van der Waals surface area contributed by atoms with Crippen LogP contribution in [0.25, 0.3) is 0 Å². The van der Waals surface area contributed by atoms with Crippen molar-refractivity contribution in [3.05, 3.63) is 54.2 Å². The third kappa shape index (κ3) is 5.79. The maximum Gasteiger partial charge on any atom is 0.225 e. The molecule has 5 nitrogen and oxygen atoms in total. The van der Waals surface area contributed by atoms with Gasteiger partial charge in [-0.15, -0.1) is 0 Å². The van der Waals surface area contributed by atoms with E-state index in [1.54, 1.807) is 12.1 Å². The van der Waals surface area contributed by atoms with Gasteiger partial charge in [-0.05, 0) is 56.7 Å². The van der Waals surface area contributed by atoms with Gasteiger partial charge in [0.15, 0.2) is 0 Å². The molecule has 0 saturated heterocycles. The van der Waals surface area contributed by atoms with Gasteiger partial charge in [-0.1, -0.05) is 0 Å². The average Bonchev–Trinajstić information content (AvgIpc) is 3.03. The van der Waals surface area contributed by atoms with Crippen molar-refractivity contribution in [3.63, 3.8) is 0 Å². The van der Waals surface area contributed by atoms with E-state index >= 15 is 0 Å². The predicted molar refractivity (Wildman–Crippen MR) is 90.0 cm³/mol. The smallest absolute Gasteiger partial charge is 0.225 e. The van der Waals surface area contributed by atoms with Crippen molar-refractivity contribution in [1.29, 1.82) is 0 Å². The molecule has 2 aromatic rings. The minimum Gasteiger partial charge on any atom is -0.467 e. The number of anilines is 1. The second-order valence-electron chi connectivity index (χ2n) is 5.99. The zero-order valence-corrected chi connectivity index (χ0v) is 13.8. The third-order valence-electron chi connectivity index (χ3n) is 3.64. The van der Waals surface area contributed by atoms with Crippen LogP contribution in [0.1, 0.15) is 38.6 Å². The van der Waals surface area contributed by atoms with E-state index in [0.717, 1.165) is 0 Å². The quantitative estimate of drug-likeness (QED) is 0.693. The molecule has 130 valence electrons. The number of rotatable bonds is 8. The maximum absolute atomic E-state index is 12.8. The molecule has 1 aromatic carbocycles. The number of furan rings is 1. The van der Waals surface area contributed by atoms with Crippen LogP contribution in [-0.2, 0) is 4.79 Å². The number of aliphatic hydroxyl groups is 1. The Morgan fingerprint density at radius 3 is 2.54 bits per heavy atom. The average molecular weight is 334 g/mol. The third-order valence-corrected chi connectivity index (χ3v) is 3.64. The highest BCUT2D eigenvalue weighted by Crippen LogP contribution is 2.18. The minimum atomic E-state index is -0.678. The summed E-state index contributed by atoms with van der Waals surface area (Å²) in [6.45, 7) is 3.85. The standard InChI is InChI=1S/C18H23FN2O3/c1-12(10-16(22)17-4-3-9-24-17)20-13(2)11-18(23)21-15-7-5-14(19)6-8-15/h3-9,12-13,16,20,22H,10-11H2,1-2H3,(H,21,23). The molecule has 2 rings (SSSR count). The van der Waals surface area contributed by atoms with E-state index in [2.05, 4.69) is 10.6 Å². The molecule has 24 heavy (non-hydrogen) atoms. The molecule has 3 unspecified atom stereocenters. The van der Waals surface area contributed by atoms with Gasteiger partial charge in [0.2, 0.25) is 5.91 Å². The van der Waals surface area contributed by atoms with E-state index in [4.69, 9.17) is 4.42 Å². The summed E-state index contributed by atoms with van der Waals surface area (Å²) in [6, 6.07) is 9.06. The van der Waals surface area contributed by atoms with Crippen molar-refractivity contribution in [2.45, 2.75) is 44.9 Å². The first-order valence-corrected chi connectivity index (χ1v) is 7.97. The van der Waals surface area contributed by atoms with Gasteiger partial charge in [0.25, 0.3) is 0 Å². The van der Waals surface area contributed by atoms with E-state index in [9.17, 15) is 14.3 Å². The van der Waals surface area contributed by atoms with E-state index in [1.807, 2.05) is 13.8 Å². The van der Waals surface area contributed by atoms with E-state index in [1.165, 1.54) is 30.5 Å². The molecule has 1 aromatic heterocycles. The van der Waals surface area contributed by atoms with Crippen LogP contribution in [0.15, 0.2) is 47.1 Å². The summed E-state index contributed by atoms with van der Waals surface area (Å²) in [5.41, 5.74) is 0.565. The molecular formula is C18H23FN2O3. The lowest BCUT2D eigenvalue weighted by molar-refractivity contribution is -0.116. The number of hydrogen-bond acceptors (Lipinski definition) is 4. The lowest BCUT2D eigenvalue weighted by Crippen LogP contribution is -2.37. The molecule has 0 saturated carbocycles. The van der Waals surface area contributed by atoms with Gasteiger partial charge in [-0.3, -0.25) is 4.79 Å². The van der Waals surface area contributed by atoms with Crippen LogP contribution in [0.5, 0.6) is 0 Å². The first-order chi connectivity index (χ1) is 11.4. The van der Waals surface area contributed by atoms with E-state index < -0.39 is 6.10 Å². The first kappa shape index (κ1) is 18.2. The Morgan fingerprint density at radius 1 is 1.21 bits per heavy atom. The number of amides is 1. The Balaban J connectivity index is 1.74. The topological polar surface area (TPSA) is 74.5 Å². The van der Waals surface area contributed by atoms with Crippen LogP contribution in [0.2, 0.25) is 0 Å². The van der Waals surface area contributed by atoms with Crippen molar-refractivity contribution >= 4 is 11.6 Å². The van der Waals surface area contributed by atoms with Crippen LogP contribution in [0, 0.1) is 5.82 Å². The Hall–Kier alpha value is -2.18. The molecule has 0 spiro atoms. The summed E-state index contributed by atoms with van der Waals surface area (Å²) in [6.07, 6.45) is 1.61. The van der Waals surface area contributed by atoms with Crippen molar-refractivity contribution in [3.8, 4) is 0 Å². The fourth-order valence-electron chi connectivity index (χ4n) is 2.57. The summed E-state index contributed by atoms with van der Waals surface area (Å²) in [7, 11) is 0. The highest BCUT2D eigenvalue weighted by atomic mass is 19.1. The molecule has 1 amide bonds. The van der Waals surface area contributed by atoms with Gasteiger partial charge in [0.05, 0.1) is 6.26 Å². The second kappa shape index (κ2) is 8.61. The molecule has 0 aliphatic heterocycles. The van der Waals surface area contributed by atoms with Gasteiger partial charge < -0.3 is 20.2 Å². The van der Waals surface area contributed by atoms with Gasteiger partial charge in [-0.25, -0.2) is 4.39 Å². The van der Waals surface area contributed by atoms with Crippen LogP contribution < -0.4 is 10.6 Å². The Labute approximate surface area is 140 Å². The fourth-order valence-corrected chi connectivity index (χ4v) is 2.57. The maximum atomic E-state index is 12.8. The lowest BCUT2D eigenvalue weighted by atomic mass is 10.1. The van der Waals surface area contributed by atoms with Crippen LogP contribution in [-0.4, -0.2) is 23.1 Å². The Bertz CT molecular complexity index is 628. The van der Waals surface area contributed by atoms with E-state index in [0.29, 0.717) is 17.9 Å². The van der Waals surface area contributed by atoms with Gasteiger partial charge in [0.1, 0.15) is 17.7 Å². The molecule has 0 fully saturated rings. The van der Waals surface area contributed by atoms with Crippen molar-refractivity contribution in [1.82, 2.24) is 5.32 Å². The number of nitrogens with one attached hydrogen (secondary N) is 2. The molecule has 3 N–H and O–H groups in total. The summed E-state index contributed by atoms with van der Waals surface area (Å²) in [4.78, 5) is 12.0. The molecular weight excluding hydrogens is 311 g/mol. The van der Waals surface area contributed by atoms with Gasteiger partial charge >= 0.3 is 0 Å². The summed E-state index contributed by atoms with van der Waals surface area (Å²) in [5, 5.41) is 16.1. The number of halogens is 1. The molecule has 3 atom stereocenters. The lowest BCUT2D eigenvalue weighted by Gasteiger charge is -2.21. The van der Waals surface area contributed by atoms with Crippen molar-refractivity contribution < 1.29 is 18.7 Å². The Kier molecular flexibility index (Phi) is 6.52. The zero-order valence-electron chi connectivity index (χ0n) is 13.8. The highest BCUT2D eigenvalue weighted by molar-refractivity contribution is 5.91. The fraction of sp³-hybridized carbons (Fsp3) is 0.389. The molecule has 0 aliphatic rings. The largest absolute Gasteiger partial charge is 0.467 e. The van der Waals surface area contributed by atoms with Crippen molar-refractivity contribution in [2.75, 3.05) is 5.32 Å². The number of aliphatic hydroxyl groups excluding tert-OH is 1. The summed E-state index contributed by atoms with van der Waals surface area (Å²) >= 11 is 0. The zero-order chi connectivity index (χ0) is 17.5. The molecule has 1 heterocycles. The first-order valence-electron chi connectivity index (χ1n) is 7.97. The monoisotopic (exact) mass is 334 g/mol. The predicted octanol–water partition coefficient (Wildman–Crippen LogP) is 3.24. The van der Waals surface area contributed by atoms with Gasteiger partial charge in [0, 0.05) is 24.2 Å². The summed E-state index contributed by atoms with van der Waals surface area (Å²) < 4.78 is 18.0. The molecule has 6 heteroatoms. The normalized spacial score (nSPS) is 14.8. The number of carbonyl (C=O) groups excluding carboxylic acids is 1. The SMILES string of the molecule is CC(CC(=O)Nc1ccc(F)cc1)NC(C)CC(O)c1ccco1.